The molecule has 0 radical (unpaired) electrons. The number of ether oxygens (including phenoxy) is 2. The van der Waals surface area contributed by atoms with Crippen LogP contribution in [0.15, 0.2) is 0 Å². The van der Waals surface area contributed by atoms with Crippen molar-refractivity contribution in [2.45, 2.75) is 46.3 Å². The maximum Gasteiger partial charge on any atom is 0.408 e. The average Bonchev–Trinajstić information content (AvgIpc) is 2.84. The third-order valence-corrected chi connectivity index (χ3v) is 3.82. The van der Waals surface area contributed by atoms with Gasteiger partial charge >= 0.3 is 12.1 Å². The van der Waals surface area contributed by atoms with Crippen LogP contribution >= 0.6 is 0 Å². The molecule has 0 aromatic rings. The molecule has 6 heteroatoms. The van der Waals surface area contributed by atoms with Gasteiger partial charge in [-0.3, -0.25) is 0 Å². The van der Waals surface area contributed by atoms with E-state index in [2.05, 4.69) is 5.32 Å². The summed E-state index contributed by atoms with van der Waals surface area (Å²) in [6.07, 6.45) is -0.660. The fourth-order valence-electron chi connectivity index (χ4n) is 2.65. The van der Waals surface area contributed by atoms with Crippen LogP contribution in [0, 0.1) is 17.3 Å². The number of alkyl carbamates (subject to hydrolysis) is 1. The van der Waals surface area contributed by atoms with Gasteiger partial charge in [0.25, 0.3) is 0 Å². The number of amides is 1. The molecule has 1 unspecified atom stereocenters. The van der Waals surface area contributed by atoms with Crippen molar-refractivity contribution in [3.8, 4) is 0 Å². The van der Waals surface area contributed by atoms with Crippen molar-refractivity contribution >= 4 is 12.1 Å². The van der Waals surface area contributed by atoms with Crippen LogP contribution in [0.25, 0.3) is 0 Å². The molecule has 3 atom stereocenters. The molecule has 0 saturated heterocycles. The molecule has 0 spiro atoms. The minimum atomic E-state index is -0.804. The summed E-state index contributed by atoms with van der Waals surface area (Å²) in [7, 11) is 1.27. The zero-order valence-electron chi connectivity index (χ0n) is 13.0. The van der Waals surface area contributed by atoms with Crippen molar-refractivity contribution in [1.29, 1.82) is 0 Å². The molecule has 20 heavy (non-hydrogen) atoms. The van der Waals surface area contributed by atoms with Crippen molar-refractivity contribution in [3.63, 3.8) is 0 Å². The van der Waals surface area contributed by atoms with E-state index in [1.807, 2.05) is 13.8 Å². The number of carbonyl (C=O) groups excluding carboxylic acids is 2. The first-order valence-corrected chi connectivity index (χ1v) is 6.72. The molecule has 0 aliphatic heterocycles. The molecule has 1 amide bonds. The summed E-state index contributed by atoms with van der Waals surface area (Å²) in [4.78, 5) is 23.7. The Labute approximate surface area is 119 Å². The smallest absolute Gasteiger partial charge is 0.408 e. The number of carbonyl (C=O) groups is 2. The van der Waals surface area contributed by atoms with Crippen molar-refractivity contribution in [1.82, 2.24) is 5.32 Å². The Hall–Kier alpha value is -1.30. The van der Waals surface area contributed by atoms with E-state index in [4.69, 9.17) is 9.47 Å². The number of rotatable bonds is 4. The number of aliphatic hydroxyl groups is 1. The van der Waals surface area contributed by atoms with Crippen LogP contribution in [-0.2, 0) is 14.3 Å². The Kier molecular flexibility index (Phi) is 4.69. The Bertz CT molecular complexity index is 386. The maximum atomic E-state index is 11.9. The Morgan fingerprint density at radius 1 is 1.35 bits per heavy atom. The van der Waals surface area contributed by atoms with E-state index >= 15 is 0 Å². The molecule has 1 aliphatic rings. The first-order valence-electron chi connectivity index (χ1n) is 6.72. The fraction of sp³-hybridized carbons (Fsp3) is 0.857. The van der Waals surface area contributed by atoms with Crippen LogP contribution < -0.4 is 5.32 Å². The van der Waals surface area contributed by atoms with Gasteiger partial charge in [-0.1, -0.05) is 13.8 Å². The Morgan fingerprint density at radius 2 is 1.90 bits per heavy atom. The monoisotopic (exact) mass is 287 g/mol. The molecule has 6 nitrogen and oxygen atoms in total. The van der Waals surface area contributed by atoms with Gasteiger partial charge in [0.05, 0.1) is 7.11 Å². The lowest BCUT2D eigenvalue weighted by Crippen LogP contribution is -2.46. The third kappa shape index (κ3) is 3.62. The molecule has 1 fully saturated rings. The molecule has 0 aromatic heterocycles. The highest BCUT2D eigenvalue weighted by Gasteiger charge is 2.62. The van der Waals surface area contributed by atoms with Crippen LogP contribution in [0.4, 0.5) is 4.79 Å². The van der Waals surface area contributed by atoms with Crippen LogP contribution in [0.3, 0.4) is 0 Å². The van der Waals surface area contributed by atoms with E-state index in [-0.39, 0.29) is 23.9 Å². The summed E-state index contributed by atoms with van der Waals surface area (Å²) in [6, 6.07) is -0.804. The van der Waals surface area contributed by atoms with Crippen molar-refractivity contribution in [3.05, 3.63) is 0 Å². The van der Waals surface area contributed by atoms with Gasteiger partial charge in [-0.2, -0.15) is 0 Å². The first kappa shape index (κ1) is 16.8. The van der Waals surface area contributed by atoms with Crippen LogP contribution in [0.1, 0.15) is 34.6 Å². The average molecular weight is 287 g/mol. The molecule has 0 aromatic carbocycles. The second kappa shape index (κ2) is 5.60. The van der Waals surface area contributed by atoms with E-state index in [1.54, 1.807) is 20.8 Å². The minimum Gasteiger partial charge on any atom is -0.467 e. The second-order valence-electron chi connectivity index (χ2n) is 6.78. The molecule has 0 bridgehead atoms. The lowest BCUT2D eigenvalue weighted by atomic mass is 10.0. The van der Waals surface area contributed by atoms with Gasteiger partial charge in [-0.05, 0) is 32.1 Å². The third-order valence-electron chi connectivity index (χ3n) is 3.82. The summed E-state index contributed by atoms with van der Waals surface area (Å²) in [5.74, 6) is -0.723. The molecular weight excluding hydrogens is 262 g/mol. The topological polar surface area (TPSA) is 84.9 Å². The van der Waals surface area contributed by atoms with Gasteiger partial charge in [0.1, 0.15) is 11.6 Å². The van der Waals surface area contributed by atoms with E-state index in [9.17, 15) is 14.7 Å². The van der Waals surface area contributed by atoms with Crippen molar-refractivity contribution < 1.29 is 24.2 Å². The number of nitrogens with one attached hydrogen (secondary N) is 1. The number of methoxy groups -OCH3 is 1. The first-order chi connectivity index (χ1) is 9.04. The molecule has 0 heterocycles. The molecule has 2 N–H and O–H groups in total. The van der Waals surface area contributed by atoms with Crippen LogP contribution in [-0.4, -0.2) is 42.5 Å². The summed E-state index contributed by atoms with van der Waals surface area (Å²) in [5, 5.41) is 11.9. The molecule has 1 saturated carbocycles. The molecule has 1 rings (SSSR count). The molecule has 116 valence electrons. The van der Waals surface area contributed by atoms with Gasteiger partial charge in [-0.25, -0.2) is 9.59 Å². The zero-order valence-corrected chi connectivity index (χ0v) is 13.0. The van der Waals surface area contributed by atoms with Crippen molar-refractivity contribution in [2.24, 2.45) is 17.3 Å². The number of hydrogen-bond donors (Lipinski definition) is 2. The SMILES string of the molecule is COC(=O)C(NC(=O)OC(C)(C)C)[C@H]1[C@@H](CO)C1(C)C. The second-order valence-corrected chi connectivity index (χ2v) is 6.78. The van der Waals surface area contributed by atoms with Crippen LogP contribution in [0.2, 0.25) is 0 Å². The molecule has 1 aliphatic carbocycles. The summed E-state index contributed by atoms with van der Waals surface area (Å²) in [6.45, 7) is 9.11. The largest absolute Gasteiger partial charge is 0.467 e. The predicted molar refractivity (Wildman–Crippen MR) is 73.0 cm³/mol. The van der Waals surface area contributed by atoms with Gasteiger partial charge in [0.2, 0.25) is 0 Å². The number of hydrogen-bond acceptors (Lipinski definition) is 5. The minimum absolute atomic E-state index is 0.0266. The highest BCUT2D eigenvalue weighted by Crippen LogP contribution is 2.59. The quantitative estimate of drug-likeness (QED) is 0.762. The van der Waals surface area contributed by atoms with Crippen molar-refractivity contribution in [2.75, 3.05) is 13.7 Å². The zero-order chi connectivity index (χ0) is 15.7. The van der Waals surface area contributed by atoms with E-state index < -0.39 is 23.7 Å². The summed E-state index contributed by atoms with van der Waals surface area (Å²) in [5.41, 5.74) is -0.858. The van der Waals surface area contributed by atoms with E-state index in [0.717, 1.165) is 0 Å². The van der Waals surface area contributed by atoms with Gasteiger partial charge < -0.3 is 19.9 Å². The highest BCUT2D eigenvalue weighted by atomic mass is 16.6. The normalized spacial score (nSPS) is 25.6. The summed E-state index contributed by atoms with van der Waals surface area (Å²) < 4.78 is 9.90. The number of aliphatic hydroxyl groups excluding tert-OH is 1. The lowest BCUT2D eigenvalue weighted by Gasteiger charge is -2.23. The van der Waals surface area contributed by atoms with E-state index in [0.29, 0.717) is 0 Å². The standard InChI is InChI=1S/C14H25NO5/c1-13(2,3)20-12(18)15-10(11(17)19-6)9-8(7-16)14(9,4)5/h8-10,16H,7H2,1-6H3,(H,15,18)/t8-,9-,10?/m1/s1. The number of esters is 1. The molecular formula is C14H25NO5. The van der Waals surface area contributed by atoms with Gasteiger partial charge in [-0.15, -0.1) is 0 Å². The predicted octanol–water partition coefficient (Wildman–Crippen LogP) is 1.32. The highest BCUT2D eigenvalue weighted by molar-refractivity contribution is 5.82. The lowest BCUT2D eigenvalue weighted by molar-refractivity contribution is -0.144. The Morgan fingerprint density at radius 3 is 2.25 bits per heavy atom. The van der Waals surface area contributed by atoms with Gasteiger partial charge in [0.15, 0.2) is 0 Å². The summed E-state index contributed by atoms with van der Waals surface area (Å²) >= 11 is 0. The fourth-order valence-corrected chi connectivity index (χ4v) is 2.65. The van der Waals surface area contributed by atoms with Gasteiger partial charge in [0, 0.05) is 12.5 Å². The Balaban J connectivity index is 2.78. The maximum absolute atomic E-state index is 11.9. The van der Waals surface area contributed by atoms with E-state index in [1.165, 1.54) is 7.11 Å². The van der Waals surface area contributed by atoms with Crippen LogP contribution in [0.5, 0.6) is 0 Å².